The van der Waals surface area contributed by atoms with Gasteiger partial charge in [0.2, 0.25) is 0 Å². The zero-order valence-corrected chi connectivity index (χ0v) is 13.1. The molecule has 23 heavy (non-hydrogen) atoms. The molecule has 0 saturated carbocycles. The van der Waals surface area contributed by atoms with E-state index in [1.807, 2.05) is 24.3 Å². The van der Waals surface area contributed by atoms with Crippen LogP contribution < -0.4 is 5.32 Å². The summed E-state index contributed by atoms with van der Waals surface area (Å²) in [5.41, 5.74) is 1.86. The van der Waals surface area contributed by atoms with Gasteiger partial charge >= 0.3 is 5.97 Å². The van der Waals surface area contributed by atoms with E-state index in [2.05, 4.69) is 19.2 Å². The molecule has 1 aromatic heterocycles. The molecule has 120 valence electrons. The van der Waals surface area contributed by atoms with E-state index in [0.29, 0.717) is 17.4 Å². The highest BCUT2D eigenvalue weighted by Crippen LogP contribution is 2.17. The number of benzene rings is 1. The van der Waals surface area contributed by atoms with Crippen LogP contribution in [0, 0.1) is 0 Å². The van der Waals surface area contributed by atoms with Gasteiger partial charge in [-0.2, -0.15) is 0 Å². The first-order chi connectivity index (χ1) is 11.0. The maximum Gasteiger partial charge on any atom is 0.331 e. The predicted octanol–water partition coefficient (Wildman–Crippen LogP) is 3.60. The molecule has 0 unspecified atom stereocenters. The average molecular weight is 313 g/mol. The number of nitrogens with one attached hydrogen (secondary N) is 1. The number of hydrogen-bond donors (Lipinski definition) is 1. The Morgan fingerprint density at radius 3 is 2.57 bits per heavy atom. The first-order valence-corrected chi connectivity index (χ1v) is 7.33. The van der Waals surface area contributed by atoms with E-state index in [4.69, 9.17) is 9.15 Å². The third kappa shape index (κ3) is 5.47. The van der Waals surface area contributed by atoms with Crippen molar-refractivity contribution in [3.63, 3.8) is 0 Å². The van der Waals surface area contributed by atoms with E-state index >= 15 is 0 Å². The van der Waals surface area contributed by atoms with E-state index in [0.717, 1.165) is 0 Å². The van der Waals surface area contributed by atoms with Crippen molar-refractivity contribution in [1.29, 1.82) is 0 Å². The number of carbonyl (C=O) groups is 2. The minimum Gasteiger partial charge on any atom is -0.465 e. The molecule has 1 heterocycles. The van der Waals surface area contributed by atoms with Gasteiger partial charge in [0.15, 0.2) is 6.61 Å². The van der Waals surface area contributed by atoms with E-state index in [-0.39, 0.29) is 12.5 Å². The first-order valence-electron chi connectivity index (χ1n) is 7.33. The summed E-state index contributed by atoms with van der Waals surface area (Å²) in [5, 5.41) is 2.67. The van der Waals surface area contributed by atoms with Crippen molar-refractivity contribution in [2.24, 2.45) is 0 Å². The Morgan fingerprint density at radius 2 is 1.96 bits per heavy atom. The molecule has 0 aliphatic rings. The Morgan fingerprint density at radius 1 is 1.22 bits per heavy atom. The molecule has 0 spiro atoms. The SMILES string of the molecule is CC(C)c1ccc(NC(=O)COC(=O)C=Cc2ccco2)cc1. The van der Waals surface area contributed by atoms with Crippen LogP contribution >= 0.6 is 0 Å². The zero-order chi connectivity index (χ0) is 16.7. The summed E-state index contributed by atoms with van der Waals surface area (Å²) < 4.78 is 9.90. The maximum atomic E-state index is 11.7. The molecule has 0 aliphatic carbocycles. The molecule has 2 aromatic rings. The van der Waals surface area contributed by atoms with Crippen LogP contribution in [-0.4, -0.2) is 18.5 Å². The topological polar surface area (TPSA) is 68.5 Å². The summed E-state index contributed by atoms with van der Waals surface area (Å²) in [6.07, 6.45) is 4.19. The molecule has 0 fully saturated rings. The number of esters is 1. The number of furan rings is 1. The Balaban J connectivity index is 1.77. The lowest BCUT2D eigenvalue weighted by Crippen LogP contribution is -2.20. The van der Waals surface area contributed by atoms with Crippen molar-refractivity contribution in [2.75, 3.05) is 11.9 Å². The highest BCUT2D eigenvalue weighted by Gasteiger charge is 2.06. The Labute approximate surface area is 134 Å². The summed E-state index contributed by atoms with van der Waals surface area (Å²) >= 11 is 0. The van der Waals surface area contributed by atoms with Gasteiger partial charge in [-0.1, -0.05) is 26.0 Å². The number of ether oxygens (including phenoxy) is 1. The highest BCUT2D eigenvalue weighted by atomic mass is 16.5. The molecule has 5 heteroatoms. The van der Waals surface area contributed by atoms with Crippen molar-refractivity contribution in [3.05, 3.63) is 60.1 Å². The lowest BCUT2D eigenvalue weighted by molar-refractivity contribution is -0.142. The minimum absolute atomic E-state index is 0.340. The summed E-state index contributed by atoms with van der Waals surface area (Å²) in [5.74, 6) is -0.0212. The van der Waals surface area contributed by atoms with E-state index in [1.54, 1.807) is 12.1 Å². The van der Waals surface area contributed by atoms with Crippen LogP contribution in [0.25, 0.3) is 6.08 Å². The van der Waals surface area contributed by atoms with Crippen molar-refractivity contribution < 1.29 is 18.7 Å². The fourth-order valence-electron chi connectivity index (χ4n) is 1.87. The molecule has 1 aromatic carbocycles. The molecule has 1 amide bonds. The number of anilines is 1. The Bertz CT molecular complexity index is 670. The lowest BCUT2D eigenvalue weighted by Gasteiger charge is -2.08. The molecule has 0 atom stereocenters. The fraction of sp³-hybridized carbons (Fsp3) is 0.222. The van der Waals surface area contributed by atoms with E-state index in [1.165, 1.54) is 24.0 Å². The molecule has 1 N–H and O–H groups in total. The van der Waals surface area contributed by atoms with Crippen LogP contribution in [0.3, 0.4) is 0 Å². The van der Waals surface area contributed by atoms with Crippen molar-refractivity contribution in [1.82, 2.24) is 0 Å². The normalized spacial score (nSPS) is 10.9. The number of hydrogen-bond acceptors (Lipinski definition) is 4. The molecule has 0 aliphatic heterocycles. The van der Waals surface area contributed by atoms with Gasteiger partial charge in [-0.25, -0.2) is 4.79 Å². The molecule has 2 rings (SSSR count). The van der Waals surface area contributed by atoms with Gasteiger partial charge in [0.1, 0.15) is 5.76 Å². The van der Waals surface area contributed by atoms with Gasteiger partial charge in [-0.05, 0) is 41.8 Å². The van der Waals surface area contributed by atoms with Gasteiger partial charge in [0, 0.05) is 11.8 Å². The second-order valence-electron chi connectivity index (χ2n) is 5.28. The van der Waals surface area contributed by atoms with Crippen LogP contribution in [0.15, 0.2) is 53.2 Å². The van der Waals surface area contributed by atoms with Crippen LogP contribution in [0.1, 0.15) is 31.1 Å². The maximum absolute atomic E-state index is 11.7. The smallest absolute Gasteiger partial charge is 0.331 e. The predicted molar refractivity (Wildman–Crippen MR) is 87.9 cm³/mol. The molecule has 0 radical (unpaired) electrons. The van der Waals surface area contributed by atoms with Crippen LogP contribution in [-0.2, 0) is 14.3 Å². The summed E-state index contributed by atoms with van der Waals surface area (Å²) in [4.78, 5) is 23.2. The van der Waals surface area contributed by atoms with Crippen LogP contribution in [0.2, 0.25) is 0 Å². The lowest BCUT2D eigenvalue weighted by atomic mass is 10.0. The molecule has 0 bridgehead atoms. The third-order valence-electron chi connectivity index (χ3n) is 3.13. The average Bonchev–Trinajstić information content (AvgIpc) is 3.05. The number of amides is 1. The van der Waals surface area contributed by atoms with Gasteiger partial charge in [-0.3, -0.25) is 4.79 Å². The van der Waals surface area contributed by atoms with Crippen molar-refractivity contribution in [2.45, 2.75) is 19.8 Å². The molecular weight excluding hydrogens is 294 g/mol. The summed E-state index contributed by atoms with van der Waals surface area (Å²) in [6.45, 7) is 3.86. The monoisotopic (exact) mass is 313 g/mol. The van der Waals surface area contributed by atoms with E-state index < -0.39 is 5.97 Å². The zero-order valence-electron chi connectivity index (χ0n) is 13.1. The standard InChI is InChI=1S/C18H19NO4/c1-13(2)14-5-7-15(8-6-14)19-17(20)12-23-18(21)10-9-16-4-3-11-22-16/h3-11,13H,12H2,1-2H3,(H,19,20). The fourth-order valence-corrected chi connectivity index (χ4v) is 1.87. The van der Waals surface area contributed by atoms with Crippen molar-refractivity contribution >= 4 is 23.6 Å². The quantitative estimate of drug-likeness (QED) is 0.653. The molecular formula is C18H19NO4. The van der Waals surface area contributed by atoms with Crippen LogP contribution in [0.4, 0.5) is 5.69 Å². The minimum atomic E-state index is -0.605. The highest BCUT2D eigenvalue weighted by molar-refractivity contribution is 5.94. The second-order valence-corrected chi connectivity index (χ2v) is 5.28. The van der Waals surface area contributed by atoms with E-state index in [9.17, 15) is 9.59 Å². The van der Waals surface area contributed by atoms with Crippen LogP contribution in [0.5, 0.6) is 0 Å². The number of carbonyl (C=O) groups excluding carboxylic acids is 2. The Kier molecular flexibility index (Phi) is 5.74. The van der Waals surface area contributed by atoms with Crippen molar-refractivity contribution in [3.8, 4) is 0 Å². The van der Waals surface area contributed by atoms with Gasteiger partial charge in [-0.15, -0.1) is 0 Å². The molecule has 5 nitrogen and oxygen atoms in total. The van der Waals surface area contributed by atoms with Gasteiger partial charge in [0.25, 0.3) is 5.91 Å². The summed E-state index contributed by atoms with van der Waals surface area (Å²) in [6, 6.07) is 11.0. The largest absolute Gasteiger partial charge is 0.465 e. The van der Waals surface area contributed by atoms with Gasteiger partial charge in [0.05, 0.1) is 6.26 Å². The Hall–Kier alpha value is -2.82. The second kappa shape index (κ2) is 7.98. The third-order valence-corrected chi connectivity index (χ3v) is 3.13. The van der Waals surface area contributed by atoms with Gasteiger partial charge < -0.3 is 14.5 Å². The first kappa shape index (κ1) is 16.5. The summed E-state index contributed by atoms with van der Waals surface area (Å²) in [7, 11) is 0. The molecule has 0 saturated heterocycles. The number of rotatable bonds is 6.